The molecule has 0 atom stereocenters. The van der Waals surface area contributed by atoms with Crippen molar-refractivity contribution >= 4 is 17.1 Å². The van der Waals surface area contributed by atoms with Crippen LogP contribution in [-0.4, -0.2) is 64.1 Å². The van der Waals surface area contributed by atoms with Crippen molar-refractivity contribution < 1.29 is 9.53 Å². The van der Waals surface area contributed by atoms with Gasteiger partial charge in [-0.15, -0.1) is 0 Å². The fourth-order valence-corrected chi connectivity index (χ4v) is 4.52. The normalized spacial score (nSPS) is 17.2. The molecular formula is C24H27N5O2. The molecule has 0 bridgehead atoms. The van der Waals surface area contributed by atoms with Gasteiger partial charge < -0.3 is 19.5 Å². The molecule has 0 radical (unpaired) electrons. The first-order chi connectivity index (χ1) is 15.2. The molecule has 2 aliphatic rings. The molecule has 0 saturated heterocycles. The minimum Gasteiger partial charge on any atom is -0.441 e. The third-order valence-corrected chi connectivity index (χ3v) is 5.97. The van der Waals surface area contributed by atoms with Gasteiger partial charge in [0.05, 0.1) is 17.7 Å². The number of carbonyl (C=O) groups excluding carboxylic acids is 1. The number of nitrogens with zero attached hydrogens (tertiary/aromatic N) is 4. The van der Waals surface area contributed by atoms with E-state index in [-0.39, 0.29) is 12.7 Å². The molecule has 7 nitrogen and oxygen atoms in total. The Balaban J connectivity index is 1.20. The molecule has 1 N–H and O–H groups in total. The van der Waals surface area contributed by atoms with E-state index in [1.807, 2.05) is 30.3 Å². The summed E-state index contributed by atoms with van der Waals surface area (Å²) < 4.78 is 5.57. The first-order valence-electron chi connectivity index (χ1n) is 10.7. The molecule has 31 heavy (non-hydrogen) atoms. The number of hydrogen-bond acceptors (Lipinski definition) is 5. The van der Waals surface area contributed by atoms with Gasteiger partial charge in [-0.2, -0.15) is 0 Å². The van der Waals surface area contributed by atoms with Crippen molar-refractivity contribution in [3.63, 3.8) is 0 Å². The number of fused-ring (bicyclic) bond motifs is 1. The average molecular weight is 418 g/mol. The quantitative estimate of drug-likeness (QED) is 0.703. The molecule has 2 aliphatic heterocycles. The average Bonchev–Trinajstić information content (AvgIpc) is 3.21. The second-order valence-electron chi connectivity index (χ2n) is 8.29. The maximum atomic E-state index is 12.7. The van der Waals surface area contributed by atoms with E-state index in [4.69, 9.17) is 4.74 Å². The molecule has 3 heterocycles. The lowest BCUT2D eigenvalue weighted by Crippen LogP contribution is -2.48. The van der Waals surface area contributed by atoms with Crippen LogP contribution in [0.5, 0.6) is 0 Å². The van der Waals surface area contributed by atoms with Crippen LogP contribution >= 0.6 is 0 Å². The summed E-state index contributed by atoms with van der Waals surface area (Å²) in [6.07, 6.45) is 0.583. The minimum absolute atomic E-state index is 0.149. The number of benzene rings is 2. The Bertz CT molecular complexity index is 1070. The van der Waals surface area contributed by atoms with Crippen LogP contribution in [0.3, 0.4) is 0 Å². The molecule has 0 unspecified atom stereocenters. The number of rotatable bonds is 4. The van der Waals surface area contributed by atoms with Gasteiger partial charge in [-0.3, -0.25) is 4.90 Å². The van der Waals surface area contributed by atoms with Gasteiger partial charge in [0.2, 0.25) is 0 Å². The monoisotopic (exact) mass is 417 g/mol. The molecular weight excluding hydrogens is 390 g/mol. The van der Waals surface area contributed by atoms with E-state index in [0.29, 0.717) is 18.9 Å². The van der Waals surface area contributed by atoms with Crippen LogP contribution in [0.15, 0.2) is 65.9 Å². The molecule has 7 heteroatoms. The summed E-state index contributed by atoms with van der Waals surface area (Å²) in [6.45, 7) is 4.13. The second kappa shape index (κ2) is 8.43. The fraction of sp³-hybridized carbons (Fsp3) is 0.333. The Hall–Kier alpha value is -3.32. The maximum absolute atomic E-state index is 12.7. The summed E-state index contributed by atoms with van der Waals surface area (Å²) >= 11 is 0. The summed E-state index contributed by atoms with van der Waals surface area (Å²) in [5.41, 5.74) is 5.80. The van der Waals surface area contributed by atoms with Crippen molar-refractivity contribution in [2.75, 3.05) is 33.4 Å². The SMILES string of the molecule is CN1CN(Cc2ccccc2)CC2=C1CCN(C(=O)OCc1nc3ccccc3[nH]1)C2. The number of aromatic amines is 1. The van der Waals surface area contributed by atoms with Crippen molar-refractivity contribution in [3.8, 4) is 0 Å². The number of ether oxygens (including phenoxy) is 1. The highest BCUT2D eigenvalue weighted by atomic mass is 16.6. The van der Waals surface area contributed by atoms with Gasteiger partial charge in [-0.05, 0) is 23.3 Å². The highest BCUT2D eigenvalue weighted by Gasteiger charge is 2.30. The van der Waals surface area contributed by atoms with E-state index in [1.54, 1.807) is 4.90 Å². The van der Waals surface area contributed by atoms with Crippen molar-refractivity contribution in [2.45, 2.75) is 19.6 Å². The van der Waals surface area contributed by atoms with Gasteiger partial charge in [-0.25, -0.2) is 9.78 Å². The van der Waals surface area contributed by atoms with Gasteiger partial charge in [0.25, 0.3) is 0 Å². The maximum Gasteiger partial charge on any atom is 0.410 e. The topological polar surface area (TPSA) is 64.7 Å². The fourth-order valence-electron chi connectivity index (χ4n) is 4.52. The van der Waals surface area contributed by atoms with Crippen molar-refractivity contribution in [2.24, 2.45) is 0 Å². The minimum atomic E-state index is -0.283. The Morgan fingerprint density at radius 2 is 1.90 bits per heavy atom. The third-order valence-electron chi connectivity index (χ3n) is 5.97. The number of H-pyrrole nitrogens is 1. The van der Waals surface area contributed by atoms with Gasteiger partial charge in [0.1, 0.15) is 5.82 Å². The molecule has 5 rings (SSSR count). The van der Waals surface area contributed by atoms with Crippen LogP contribution in [0, 0.1) is 0 Å². The Kier molecular flexibility index (Phi) is 5.34. The van der Waals surface area contributed by atoms with Crippen LogP contribution in [-0.2, 0) is 17.9 Å². The third kappa shape index (κ3) is 4.27. The smallest absolute Gasteiger partial charge is 0.410 e. The van der Waals surface area contributed by atoms with Crippen LogP contribution in [0.1, 0.15) is 17.8 Å². The van der Waals surface area contributed by atoms with E-state index >= 15 is 0 Å². The summed E-state index contributed by atoms with van der Waals surface area (Å²) in [5, 5.41) is 0. The van der Waals surface area contributed by atoms with E-state index < -0.39 is 0 Å². The molecule has 160 valence electrons. The zero-order valence-corrected chi connectivity index (χ0v) is 17.8. The standard InChI is InChI=1S/C24H27N5O2/c1-27-17-28(13-18-7-3-2-4-8-18)14-19-15-29(12-11-22(19)27)24(30)31-16-23-25-20-9-5-6-10-21(20)26-23/h2-10H,11-17H2,1H3,(H,25,26). The Morgan fingerprint density at radius 3 is 2.74 bits per heavy atom. The molecule has 1 aromatic heterocycles. The van der Waals surface area contributed by atoms with Crippen molar-refractivity contribution in [1.82, 2.24) is 24.7 Å². The summed E-state index contributed by atoms with van der Waals surface area (Å²) in [5.74, 6) is 0.665. The van der Waals surface area contributed by atoms with E-state index in [1.165, 1.54) is 16.8 Å². The van der Waals surface area contributed by atoms with Gasteiger partial charge in [-0.1, -0.05) is 42.5 Å². The van der Waals surface area contributed by atoms with Gasteiger partial charge in [0, 0.05) is 45.3 Å². The molecule has 0 fully saturated rings. The van der Waals surface area contributed by atoms with Crippen molar-refractivity contribution in [3.05, 3.63) is 77.3 Å². The summed E-state index contributed by atoms with van der Waals surface area (Å²) in [4.78, 5) is 27.0. The lowest BCUT2D eigenvalue weighted by Gasteiger charge is -2.42. The van der Waals surface area contributed by atoms with Crippen LogP contribution in [0.2, 0.25) is 0 Å². The Labute approximate surface area is 181 Å². The second-order valence-corrected chi connectivity index (χ2v) is 8.29. The Morgan fingerprint density at radius 1 is 1.10 bits per heavy atom. The highest BCUT2D eigenvalue weighted by molar-refractivity contribution is 5.74. The first kappa shape index (κ1) is 19.6. The van der Waals surface area contributed by atoms with Crippen LogP contribution in [0.25, 0.3) is 11.0 Å². The number of hydrogen-bond donors (Lipinski definition) is 1. The molecule has 0 aliphatic carbocycles. The van der Waals surface area contributed by atoms with Gasteiger partial charge in [0.15, 0.2) is 6.61 Å². The van der Waals surface area contributed by atoms with Crippen molar-refractivity contribution in [1.29, 1.82) is 0 Å². The summed E-state index contributed by atoms with van der Waals surface area (Å²) in [6, 6.07) is 18.3. The number of amides is 1. The molecule has 0 saturated carbocycles. The molecule has 1 amide bonds. The zero-order valence-electron chi connectivity index (χ0n) is 17.8. The first-order valence-corrected chi connectivity index (χ1v) is 10.7. The van der Waals surface area contributed by atoms with Crippen LogP contribution < -0.4 is 0 Å². The number of nitrogens with one attached hydrogen (secondary N) is 1. The number of imidazole rings is 1. The van der Waals surface area contributed by atoms with E-state index in [0.717, 1.165) is 37.2 Å². The lowest BCUT2D eigenvalue weighted by molar-refractivity contribution is 0.0856. The van der Waals surface area contributed by atoms with E-state index in [2.05, 4.69) is 51.1 Å². The number of aromatic nitrogens is 2. The molecule has 0 spiro atoms. The predicted octanol–water partition coefficient (Wildman–Crippen LogP) is 3.56. The molecule has 3 aromatic rings. The van der Waals surface area contributed by atoms with Crippen LogP contribution in [0.4, 0.5) is 4.79 Å². The number of carbonyl (C=O) groups is 1. The van der Waals surface area contributed by atoms with Gasteiger partial charge >= 0.3 is 6.09 Å². The largest absolute Gasteiger partial charge is 0.441 e. The molecule has 2 aromatic carbocycles. The zero-order chi connectivity index (χ0) is 21.2. The summed E-state index contributed by atoms with van der Waals surface area (Å²) in [7, 11) is 2.14. The predicted molar refractivity (Wildman–Crippen MR) is 119 cm³/mol. The number of para-hydroxylation sites is 2. The lowest BCUT2D eigenvalue weighted by atomic mass is 10.0. The highest BCUT2D eigenvalue weighted by Crippen LogP contribution is 2.27. The van der Waals surface area contributed by atoms with E-state index in [9.17, 15) is 4.79 Å².